The van der Waals surface area contributed by atoms with E-state index in [1.54, 1.807) is 40.7 Å². The predicted molar refractivity (Wildman–Crippen MR) is 150 cm³/mol. The summed E-state index contributed by atoms with van der Waals surface area (Å²) in [6, 6.07) is 15.3. The fraction of sp³-hybridized carbons (Fsp3) is 0.290. The second-order valence-electron chi connectivity index (χ2n) is 8.81. The van der Waals surface area contributed by atoms with E-state index in [1.807, 2.05) is 61.7 Å². The number of nitrogens with zero attached hydrogens (tertiary/aromatic N) is 1. The van der Waals surface area contributed by atoms with Gasteiger partial charge in [-0.15, -0.1) is 0 Å². The van der Waals surface area contributed by atoms with E-state index in [2.05, 4.69) is 16.4 Å². The number of nitrogens with one attached hydrogen (secondary N) is 1. The second-order valence-corrected chi connectivity index (χ2v) is 8.81. The van der Waals surface area contributed by atoms with Gasteiger partial charge in [0.05, 0.1) is 28.4 Å². The fourth-order valence-electron chi connectivity index (χ4n) is 4.04. The van der Waals surface area contributed by atoms with E-state index >= 15 is 0 Å². The van der Waals surface area contributed by atoms with Crippen LogP contribution in [0.2, 0.25) is 0 Å². The van der Waals surface area contributed by atoms with E-state index in [0.717, 1.165) is 36.0 Å². The lowest BCUT2D eigenvalue weighted by molar-refractivity contribution is -0.117. The van der Waals surface area contributed by atoms with Crippen LogP contribution in [0.25, 0.3) is 5.57 Å². The van der Waals surface area contributed by atoms with Crippen LogP contribution in [0.4, 0.5) is 0 Å². The van der Waals surface area contributed by atoms with Crippen molar-refractivity contribution in [1.29, 1.82) is 0 Å². The molecule has 0 unspecified atom stereocenters. The fourth-order valence-corrected chi connectivity index (χ4v) is 4.04. The van der Waals surface area contributed by atoms with Gasteiger partial charge in [-0.05, 0) is 78.8 Å². The third-order valence-corrected chi connectivity index (χ3v) is 6.05. The Hall–Kier alpha value is -4.26. The number of carbonyl (C=O) groups is 1. The molecule has 0 bridgehead atoms. The molecule has 7 nitrogen and oxygen atoms in total. The summed E-state index contributed by atoms with van der Waals surface area (Å²) in [6.45, 7) is 2.02. The van der Waals surface area contributed by atoms with E-state index in [4.69, 9.17) is 18.9 Å². The lowest BCUT2D eigenvalue weighted by Gasteiger charge is -2.14. The molecule has 0 saturated heterocycles. The smallest absolute Gasteiger partial charge is 0.244 e. The zero-order valence-corrected chi connectivity index (χ0v) is 22.7. The molecule has 1 amide bonds. The summed E-state index contributed by atoms with van der Waals surface area (Å²) < 4.78 is 21.9. The average Bonchev–Trinajstić information content (AvgIpc) is 2.95. The van der Waals surface area contributed by atoms with Gasteiger partial charge in [-0.1, -0.05) is 18.2 Å². The lowest BCUT2D eigenvalue weighted by atomic mass is 9.96. The summed E-state index contributed by atoms with van der Waals surface area (Å²) in [6.07, 6.45) is 11.6. The molecule has 3 rings (SSSR count). The highest BCUT2D eigenvalue weighted by molar-refractivity contribution is 5.89. The maximum atomic E-state index is 12.6. The molecule has 1 heterocycles. The molecule has 0 aliphatic rings. The lowest BCUT2D eigenvalue weighted by Crippen LogP contribution is -2.31. The van der Waals surface area contributed by atoms with Crippen molar-refractivity contribution in [1.82, 2.24) is 10.3 Å². The summed E-state index contributed by atoms with van der Waals surface area (Å²) in [5.41, 5.74) is 3.75. The number of aromatic nitrogens is 1. The van der Waals surface area contributed by atoms with E-state index in [0.29, 0.717) is 23.0 Å². The maximum absolute atomic E-state index is 12.6. The largest absolute Gasteiger partial charge is 0.497 e. The number of methoxy groups -OCH3 is 4. The third-order valence-electron chi connectivity index (χ3n) is 6.05. The van der Waals surface area contributed by atoms with Crippen LogP contribution in [0.3, 0.4) is 0 Å². The Morgan fingerprint density at radius 1 is 0.895 bits per heavy atom. The van der Waals surface area contributed by atoms with Gasteiger partial charge in [-0.25, -0.2) is 0 Å². The van der Waals surface area contributed by atoms with Crippen LogP contribution in [0, 0.1) is 0 Å². The minimum Gasteiger partial charge on any atom is -0.497 e. The SMILES string of the molecule is COc1cc(OC)cc(C(=C/C=C/C(=O)N[C@H](C)CCCc2cccnc2)c2cc(OC)cc(OC)c2)c1. The van der Waals surface area contributed by atoms with Gasteiger partial charge >= 0.3 is 0 Å². The highest BCUT2D eigenvalue weighted by Gasteiger charge is 2.12. The zero-order chi connectivity index (χ0) is 27.3. The first kappa shape index (κ1) is 28.3. The van der Waals surface area contributed by atoms with E-state index in [1.165, 1.54) is 11.6 Å². The summed E-state index contributed by atoms with van der Waals surface area (Å²) >= 11 is 0. The first-order chi connectivity index (χ1) is 18.4. The first-order valence-corrected chi connectivity index (χ1v) is 12.5. The van der Waals surface area contributed by atoms with Crippen molar-refractivity contribution in [3.8, 4) is 23.0 Å². The normalized spacial score (nSPS) is 11.5. The Morgan fingerprint density at radius 2 is 1.45 bits per heavy atom. The molecular formula is C31H36N2O5. The number of ether oxygens (including phenoxy) is 4. The molecule has 1 aromatic heterocycles. The van der Waals surface area contributed by atoms with E-state index < -0.39 is 0 Å². The average molecular weight is 517 g/mol. The molecule has 0 aliphatic carbocycles. The molecule has 0 aliphatic heterocycles. The van der Waals surface area contributed by atoms with Crippen molar-refractivity contribution in [3.63, 3.8) is 0 Å². The van der Waals surface area contributed by atoms with Crippen molar-refractivity contribution in [2.24, 2.45) is 0 Å². The Labute approximate surface area is 225 Å². The van der Waals surface area contributed by atoms with Gasteiger partial charge in [0.2, 0.25) is 5.91 Å². The number of rotatable bonds is 13. The number of pyridine rings is 1. The van der Waals surface area contributed by atoms with Gasteiger partial charge in [0.25, 0.3) is 0 Å². The predicted octanol–water partition coefficient (Wildman–Crippen LogP) is 5.63. The Kier molecular flexibility index (Phi) is 10.8. The Balaban J connectivity index is 1.80. The van der Waals surface area contributed by atoms with E-state index in [9.17, 15) is 4.79 Å². The number of amides is 1. The van der Waals surface area contributed by atoms with Crippen molar-refractivity contribution in [3.05, 3.63) is 95.8 Å². The van der Waals surface area contributed by atoms with Crippen molar-refractivity contribution < 1.29 is 23.7 Å². The molecular weight excluding hydrogens is 480 g/mol. The topological polar surface area (TPSA) is 78.9 Å². The molecule has 7 heteroatoms. The summed E-state index contributed by atoms with van der Waals surface area (Å²) in [7, 11) is 6.44. The Morgan fingerprint density at radius 3 is 1.92 bits per heavy atom. The van der Waals surface area contributed by atoms with E-state index in [-0.39, 0.29) is 11.9 Å². The number of hydrogen-bond acceptors (Lipinski definition) is 6. The minimum absolute atomic E-state index is 0.0533. The standard InChI is InChI=1S/C31H36N2O5/c1-22(9-6-10-23-11-8-14-32-21-23)33-31(34)13-7-12-30(24-15-26(35-2)19-27(16-24)36-3)25-17-28(37-4)20-29(18-25)38-5/h7-8,11-22H,6,9-10H2,1-5H3,(H,33,34)/b13-7+/t22-/m1/s1. The molecule has 1 atom stereocenters. The van der Waals surface area contributed by atoms with Crippen molar-refractivity contribution >= 4 is 11.5 Å². The van der Waals surface area contributed by atoms with Crippen LogP contribution in [0.5, 0.6) is 23.0 Å². The first-order valence-electron chi connectivity index (χ1n) is 12.5. The number of aryl methyl sites for hydroxylation is 1. The van der Waals surface area contributed by atoms with Gasteiger partial charge in [-0.3, -0.25) is 9.78 Å². The number of carbonyl (C=O) groups excluding carboxylic acids is 1. The van der Waals surface area contributed by atoms with Crippen LogP contribution in [-0.4, -0.2) is 45.4 Å². The van der Waals surface area contributed by atoms with Gasteiger partial charge < -0.3 is 24.3 Å². The number of hydrogen-bond donors (Lipinski definition) is 1. The molecule has 0 saturated carbocycles. The molecule has 1 N–H and O–H groups in total. The highest BCUT2D eigenvalue weighted by Crippen LogP contribution is 2.34. The van der Waals surface area contributed by atoms with Gasteiger partial charge in [0.1, 0.15) is 23.0 Å². The van der Waals surface area contributed by atoms with Crippen LogP contribution in [0.1, 0.15) is 36.5 Å². The van der Waals surface area contributed by atoms with Gasteiger partial charge in [0.15, 0.2) is 0 Å². The summed E-state index contributed by atoms with van der Waals surface area (Å²) in [5, 5.41) is 3.04. The number of benzene rings is 2. The second kappa shape index (κ2) is 14.5. The van der Waals surface area contributed by atoms with Crippen LogP contribution >= 0.6 is 0 Å². The summed E-state index contributed by atoms with van der Waals surface area (Å²) in [4.78, 5) is 16.8. The van der Waals surface area contributed by atoms with Crippen molar-refractivity contribution in [2.45, 2.75) is 32.2 Å². The van der Waals surface area contributed by atoms with Crippen LogP contribution < -0.4 is 24.3 Å². The molecule has 0 spiro atoms. The van der Waals surface area contributed by atoms with Gasteiger partial charge in [-0.2, -0.15) is 0 Å². The number of allylic oxidation sites excluding steroid dienone is 2. The summed E-state index contributed by atoms with van der Waals surface area (Å²) in [5.74, 6) is 2.47. The monoisotopic (exact) mass is 516 g/mol. The molecule has 0 radical (unpaired) electrons. The Bertz CT molecular complexity index is 1150. The third kappa shape index (κ3) is 8.40. The van der Waals surface area contributed by atoms with Crippen molar-refractivity contribution in [2.75, 3.05) is 28.4 Å². The maximum Gasteiger partial charge on any atom is 0.244 e. The molecule has 3 aromatic rings. The van der Waals surface area contributed by atoms with Gasteiger partial charge in [0, 0.05) is 36.6 Å². The minimum atomic E-state index is -0.152. The molecule has 38 heavy (non-hydrogen) atoms. The quantitative estimate of drug-likeness (QED) is 0.234. The van der Waals surface area contributed by atoms with Crippen LogP contribution in [-0.2, 0) is 11.2 Å². The molecule has 2 aromatic carbocycles. The molecule has 200 valence electrons. The van der Waals surface area contributed by atoms with Crippen LogP contribution in [0.15, 0.2) is 79.2 Å². The highest BCUT2D eigenvalue weighted by atomic mass is 16.5. The zero-order valence-electron chi connectivity index (χ0n) is 22.7. The molecule has 0 fully saturated rings.